The summed E-state index contributed by atoms with van der Waals surface area (Å²) >= 11 is 0. The first kappa shape index (κ1) is 16.0. The van der Waals surface area contributed by atoms with Gasteiger partial charge in [-0.05, 0) is 31.2 Å². The maximum absolute atomic E-state index is 12.9. The molecule has 22 heavy (non-hydrogen) atoms. The van der Waals surface area contributed by atoms with E-state index in [-0.39, 0.29) is 17.5 Å². The number of aromatic nitrogens is 1. The third-order valence-corrected chi connectivity index (χ3v) is 4.70. The van der Waals surface area contributed by atoms with Crippen molar-refractivity contribution in [2.24, 2.45) is 0 Å². The third-order valence-electron chi connectivity index (χ3n) is 2.98. The van der Waals surface area contributed by atoms with Crippen LogP contribution in [0.4, 0.5) is 10.4 Å². The highest BCUT2D eigenvalue weighted by Crippen LogP contribution is 2.28. The fraction of sp³-hybridized carbons (Fsp3) is 0.231. The first-order chi connectivity index (χ1) is 10.3. The van der Waals surface area contributed by atoms with Crippen LogP contribution in [0.2, 0.25) is 0 Å². The van der Waals surface area contributed by atoms with E-state index in [9.17, 15) is 17.6 Å². The summed E-state index contributed by atoms with van der Waals surface area (Å²) in [5, 5.41) is 9.16. The second kappa shape index (κ2) is 5.76. The van der Waals surface area contributed by atoms with Gasteiger partial charge in [-0.15, -0.1) is 0 Å². The Morgan fingerprint density at radius 3 is 2.45 bits per heavy atom. The smallest absolute Gasteiger partial charge is 0.374 e. The number of sulfonamides is 1. The van der Waals surface area contributed by atoms with Crippen LogP contribution >= 0.6 is 0 Å². The van der Waals surface area contributed by atoms with E-state index in [1.807, 2.05) is 0 Å². The lowest BCUT2D eigenvalue weighted by Crippen LogP contribution is -2.28. The Morgan fingerprint density at radius 2 is 1.95 bits per heavy atom. The van der Waals surface area contributed by atoms with Gasteiger partial charge in [0.15, 0.2) is 0 Å². The fourth-order valence-electron chi connectivity index (χ4n) is 1.70. The lowest BCUT2D eigenvalue weighted by atomic mass is 10.1. The van der Waals surface area contributed by atoms with Crippen LogP contribution in [0.1, 0.15) is 17.5 Å². The molecule has 118 valence electrons. The molecule has 0 aliphatic rings. The molecule has 1 N–H and O–H groups in total. The summed E-state index contributed by atoms with van der Waals surface area (Å²) in [5.41, 5.74) is 0.233. The second-order valence-electron chi connectivity index (χ2n) is 4.35. The topological polar surface area (TPSA) is 101 Å². The summed E-state index contributed by atoms with van der Waals surface area (Å²) < 4.78 is 42.4. The Kier molecular flexibility index (Phi) is 4.18. The highest BCUT2D eigenvalue weighted by atomic mass is 32.2. The molecule has 0 bridgehead atoms. The van der Waals surface area contributed by atoms with Crippen molar-refractivity contribution >= 4 is 22.0 Å². The van der Waals surface area contributed by atoms with Crippen molar-refractivity contribution in [1.82, 2.24) is 4.98 Å². The SMILES string of the molecule is CCS(=O)(=O)N(C)c1nc(-c2ccc(F)cc2)c(C(=O)O)o1. The number of anilines is 1. The molecule has 1 heterocycles. The molecule has 9 heteroatoms. The largest absolute Gasteiger partial charge is 0.475 e. The summed E-state index contributed by atoms with van der Waals surface area (Å²) in [6.45, 7) is 1.44. The standard InChI is InChI=1S/C13H13FN2O5S/c1-3-22(19,20)16(2)13-15-10(11(21-13)12(17)18)8-4-6-9(14)7-5-8/h4-7H,3H2,1-2H3,(H,17,18). The molecular weight excluding hydrogens is 315 g/mol. The molecule has 0 amide bonds. The minimum Gasteiger partial charge on any atom is -0.475 e. The number of carboxylic acids is 1. The number of hydrogen-bond donors (Lipinski definition) is 1. The van der Waals surface area contributed by atoms with Gasteiger partial charge in [-0.25, -0.2) is 21.9 Å². The zero-order valence-electron chi connectivity index (χ0n) is 11.8. The number of halogens is 1. The molecule has 1 aromatic heterocycles. The van der Waals surface area contributed by atoms with Gasteiger partial charge in [-0.2, -0.15) is 4.98 Å². The zero-order chi connectivity index (χ0) is 16.5. The van der Waals surface area contributed by atoms with Crippen molar-refractivity contribution < 1.29 is 27.1 Å². The molecule has 0 saturated heterocycles. The predicted octanol–water partition coefficient (Wildman–Crippen LogP) is 1.96. The highest BCUT2D eigenvalue weighted by molar-refractivity contribution is 7.92. The van der Waals surface area contributed by atoms with Crippen molar-refractivity contribution in [2.45, 2.75) is 6.92 Å². The Balaban J connectivity index is 2.56. The normalized spacial score (nSPS) is 11.4. The maximum atomic E-state index is 12.9. The van der Waals surface area contributed by atoms with Gasteiger partial charge in [0.1, 0.15) is 11.5 Å². The van der Waals surface area contributed by atoms with Crippen molar-refractivity contribution in [3.8, 4) is 11.3 Å². The number of oxazole rings is 1. The van der Waals surface area contributed by atoms with Gasteiger partial charge in [0, 0.05) is 12.6 Å². The zero-order valence-corrected chi connectivity index (χ0v) is 12.6. The summed E-state index contributed by atoms with van der Waals surface area (Å²) in [5.74, 6) is -2.60. The van der Waals surface area contributed by atoms with Crippen LogP contribution in [0.15, 0.2) is 28.7 Å². The first-order valence-electron chi connectivity index (χ1n) is 6.23. The van der Waals surface area contributed by atoms with Crippen LogP contribution < -0.4 is 4.31 Å². The molecule has 0 spiro atoms. The summed E-state index contributed by atoms with van der Waals surface area (Å²) in [4.78, 5) is 15.2. The Labute approximate surface area is 126 Å². The van der Waals surface area contributed by atoms with Gasteiger partial charge < -0.3 is 9.52 Å². The van der Waals surface area contributed by atoms with E-state index < -0.39 is 27.6 Å². The molecule has 0 atom stereocenters. The lowest BCUT2D eigenvalue weighted by Gasteiger charge is -2.12. The van der Waals surface area contributed by atoms with E-state index >= 15 is 0 Å². The van der Waals surface area contributed by atoms with Gasteiger partial charge in [-0.1, -0.05) is 0 Å². The van der Waals surface area contributed by atoms with Crippen LogP contribution in [0.25, 0.3) is 11.3 Å². The number of hydrogen-bond acceptors (Lipinski definition) is 5. The molecular formula is C13H13FN2O5S. The number of benzene rings is 1. The van der Waals surface area contributed by atoms with E-state index in [1.165, 1.54) is 26.1 Å². The van der Waals surface area contributed by atoms with E-state index in [4.69, 9.17) is 9.52 Å². The van der Waals surface area contributed by atoms with E-state index in [1.54, 1.807) is 0 Å². The number of rotatable bonds is 5. The molecule has 1 aromatic carbocycles. The minimum atomic E-state index is -3.65. The fourth-order valence-corrected chi connectivity index (χ4v) is 2.41. The average molecular weight is 328 g/mol. The van der Waals surface area contributed by atoms with Crippen LogP contribution in [-0.4, -0.2) is 37.3 Å². The van der Waals surface area contributed by atoms with Gasteiger partial charge in [-0.3, -0.25) is 0 Å². The maximum Gasteiger partial charge on any atom is 0.374 e. The van der Waals surface area contributed by atoms with Gasteiger partial charge >= 0.3 is 12.0 Å². The molecule has 2 rings (SSSR count). The molecule has 0 radical (unpaired) electrons. The number of carboxylic acid groups (broad SMARTS) is 1. The van der Waals surface area contributed by atoms with Crippen LogP contribution in [-0.2, 0) is 10.0 Å². The first-order valence-corrected chi connectivity index (χ1v) is 7.84. The van der Waals surface area contributed by atoms with Gasteiger partial charge in [0.05, 0.1) is 5.75 Å². The van der Waals surface area contributed by atoms with Crippen LogP contribution in [0, 0.1) is 5.82 Å². The summed E-state index contributed by atoms with van der Waals surface area (Å²) in [6, 6.07) is 4.58. The molecule has 0 unspecified atom stereocenters. The number of carbonyl (C=O) groups is 1. The molecule has 7 nitrogen and oxygen atoms in total. The van der Waals surface area contributed by atoms with E-state index in [0.717, 1.165) is 16.4 Å². The monoisotopic (exact) mass is 328 g/mol. The number of aromatic carboxylic acids is 1. The molecule has 2 aromatic rings. The second-order valence-corrected chi connectivity index (χ2v) is 6.64. The van der Waals surface area contributed by atoms with Crippen molar-refractivity contribution in [1.29, 1.82) is 0 Å². The third kappa shape index (κ3) is 2.93. The van der Waals surface area contributed by atoms with Gasteiger partial charge in [0.25, 0.3) is 0 Å². The van der Waals surface area contributed by atoms with Gasteiger partial charge in [0.2, 0.25) is 15.8 Å². The minimum absolute atomic E-state index is 0.0688. The van der Waals surface area contributed by atoms with Crippen LogP contribution in [0.5, 0.6) is 0 Å². The summed E-state index contributed by atoms with van der Waals surface area (Å²) in [6.07, 6.45) is 0. The van der Waals surface area contributed by atoms with E-state index in [0.29, 0.717) is 5.56 Å². The van der Waals surface area contributed by atoms with E-state index in [2.05, 4.69) is 4.98 Å². The van der Waals surface area contributed by atoms with Crippen molar-refractivity contribution in [3.05, 3.63) is 35.8 Å². The molecule has 0 aliphatic heterocycles. The van der Waals surface area contributed by atoms with Crippen molar-refractivity contribution in [2.75, 3.05) is 17.1 Å². The number of nitrogens with zero attached hydrogens (tertiary/aromatic N) is 2. The Bertz CT molecular complexity index is 798. The Morgan fingerprint density at radius 1 is 1.36 bits per heavy atom. The molecule has 0 fully saturated rings. The molecule has 0 saturated carbocycles. The predicted molar refractivity (Wildman–Crippen MR) is 76.7 cm³/mol. The summed E-state index contributed by atoms with van der Waals surface area (Å²) in [7, 11) is -2.43. The highest BCUT2D eigenvalue weighted by Gasteiger charge is 2.27. The Hall–Kier alpha value is -2.42. The molecule has 0 aliphatic carbocycles. The quantitative estimate of drug-likeness (QED) is 0.900. The average Bonchev–Trinajstić information content (AvgIpc) is 2.92. The van der Waals surface area contributed by atoms with Crippen LogP contribution in [0.3, 0.4) is 0 Å². The lowest BCUT2D eigenvalue weighted by molar-refractivity contribution is 0.0664. The van der Waals surface area contributed by atoms with Crippen molar-refractivity contribution in [3.63, 3.8) is 0 Å².